The quantitative estimate of drug-likeness (QED) is 0.821. The number of carbonyl (C=O) groups is 1. The highest BCUT2D eigenvalue weighted by Crippen LogP contribution is 2.31. The number of nitrogens with zero attached hydrogens (tertiary/aromatic N) is 2. The summed E-state index contributed by atoms with van der Waals surface area (Å²) in [6.07, 6.45) is 3.64. The highest BCUT2D eigenvalue weighted by Gasteiger charge is 2.43. The van der Waals surface area contributed by atoms with Crippen molar-refractivity contribution in [2.75, 3.05) is 27.2 Å². The lowest BCUT2D eigenvalue weighted by Crippen LogP contribution is -2.53. The third-order valence-corrected chi connectivity index (χ3v) is 3.35. The van der Waals surface area contributed by atoms with Crippen molar-refractivity contribution in [3.8, 4) is 0 Å². The molecule has 1 atom stereocenters. The molecule has 1 N–H and O–H groups in total. The minimum absolute atomic E-state index is 0.142. The minimum Gasteiger partial charge on any atom is -0.348 e. The Labute approximate surface area is 102 Å². The van der Waals surface area contributed by atoms with Gasteiger partial charge in [0.25, 0.3) is 0 Å². The van der Waals surface area contributed by atoms with Gasteiger partial charge in [0.2, 0.25) is 5.91 Å². The van der Waals surface area contributed by atoms with E-state index in [1.165, 1.54) is 0 Å². The summed E-state index contributed by atoms with van der Waals surface area (Å²) in [4.78, 5) is 18.5. The minimum atomic E-state index is -0.483. The normalized spacial score (nSPS) is 24.4. The maximum Gasteiger partial charge on any atom is 0.235 e. The van der Waals surface area contributed by atoms with E-state index in [-0.39, 0.29) is 5.91 Å². The van der Waals surface area contributed by atoms with E-state index in [1.807, 2.05) is 32.3 Å². The van der Waals surface area contributed by atoms with E-state index in [0.29, 0.717) is 6.54 Å². The number of aromatic nitrogens is 1. The van der Waals surface area contributed by atoms with Gasteiger partial charge >= 0.3 is 0 Å². The Kier molecular flexibility index (Phi) is 3.43. The second-order valence-corrected chi connectivity index (χ2v) is 4.78. The zero-order chi connectivity index (χ0) is 12.3. The van der Waals surface area contributed by atoms with Crippen LogP contribution in [0.4, 0.5) is 0 Å². The molecular formula is C13H19N3O. The van der Waals surface area contributed by atoms with Crippen LogP contribution in [-0.2, 0) is 10.2 Å². The Balaban J connectivity index is 2.40. The van der Waals surface area contributed by atoms with Gasteiger partial charge < -0.3 is 10.2 Å². The first kappa shape index (κ1) is 12.0. The summed E-state index contributed by atoms with van der Waals surface area (Å²) in [6, 6.07) is 5.78. The molecule has 1 aromatic rings. The van der Waals surface area contributed by atoms with Crippen LogP contribution in [0.25, 0.3) is 0 Å². The Hall–Kier alpha value is -1.42. The molecule has 0 unspecified atom stereocenters. The van der Waals surface area contributed by atoms with Crippen molar-refractivity contribution in [2.45, 2.75) is 18.3 Å². The third-order valence-electron chi connectivity index (χ3n) is 3.35. The number of nitrogens with one attached hydrogen (secondary N) is 1. The van der Waals surface area contributed by atoms with E-state index in [1.54, 1.807) is 11.1 Å². The predicted octanol–water partition coefficient (Wildman–Crippen LogP) is 0.791. The lowest BCUT2D eigenvalue weighted by atomic mass is 9.76. The summed E-state index contributed by atoms with van der Waals surface area (Å²) in [7, 11) is 3.61. The van der Waals surface area contributed by atoms with Gasteiger partial charge in [-0.15, -0.1) is 0 Å². The molecule has 0 saturated carbocycles. The summed E-state index contributed by atoms with van der Waals surface area (Å²) in [5.74, 6) is 0.142. The van der Waals surface area contributed by atoms with Crippen LogP contribution < -0.4 is 5.32 Å². The zero-order valence-corrected chi connectivity index (χ0v) is 10.4. The lowest BCUT2D eigenvalue weighted by molar-refractivity contribution is -0.135. The van der Waals surface area contributed by atoms with Gasteiger partial charge in [-0.3, -0.25) is 9.78 Å². The van der Waals surface area contributed by atoms with E-state index < -0.39 is 5.41 Å². The Bertz CT molecular complexity index is 383. The summed E-state index contributed by atoms with van der Waals surface area (Å²) in [6.45, 7) is 1.66. The molecule has 0 aromatic carbocycles. The Morgan fingerprint density at radius 3 is 2.82 bits per heavy atom. The summed E-state index contributed by atoms with van der Waals surface area (Å²) >= 11 is 0. The fraction of sp³-hybridized carbons (Fsp3) is 0.538. The summed E-state index contributed by atoms with van der Waals surface area (Å²) < 4.78 is 0. The molecule has 1 amide bonds. The van der Waals surface area contributed by atoms with Gasteiger partial charge in [-0.05, 0) is 31.5 Å². The van der Waals surface area contributed by atoms with Crippen molar-refractivity contribution in [3.63, 3.8) is 0 Å². The first-order chi connectivity index (χ1) is 8.17. The van der Waals surface area contributed by atoms with Gasteiger partial charge in [0.1, 0.15) is 5.41 Å². The van der Waals surface area contributed by atoms with Crippen LogP contribution in [0, 0.1) is 0 Å². The van der Waals surface area contributed by atoms with Crippen molar-refractivity contribution in [1.29, 1.82) is 0 Å². The molecule has 92 valence electrons. The van der Waals surface area contributed by atoms with Crippen LogP contribution in [0.1, 0.15) is 18.5 Å². The smallest absolute Gasteiger partial charge is 0.235 e. The van der Waals surface area contributed by atoms with E-state index in [9.17, 15) is 4.79 Å². The highest BCUT2D eigenvalue weighted by atomic mass is 16.2. The fourth-order valence-corrected chi connectivity index (χ4v) is 2.49. The monoisotopic (exact) mass is 233 g/mol. The number of pyridine rings is 1. The molecule has 1 saturated heterocycles. The van der Waals surface area contributed by atoms with Gasteiger partial charge in [-0.25, -0.2) is 0 Å². The second kappa shape index (κ2) is 4.84. The molecule has 1 aliphatic heterocycles. The number of amides is 1. The maximum absolute atomic E-state index is 12.5. The second-order valence-electron chi connectivity index (χ2n) is 4.78. The Morgan fingerprint density at radius 2 is 2.29 bits per heavy atom. The molecule has 4 nitrogen and oxygen atoms in total. The van der Waals surface area contributed by atoms with Crippen molar-refractivity contribution < 1.29 is 4.79 Å². The first-order valence-electron chi connectivity index (χ1n) is 6.01. The van der Waals surface area contributed by atoms with Crippen LogP contribution in [0.2, 0.25) is 0 Å². The fourth-order valence-electron chi connectivity index (χ4n) is 2.49. The van der Waals surface area contributed by atoms with Gasteiger partial charge in [-0.1, -0.05) is 6.07 Å². The van der Waals surface area contributed by atoms with Crippen molar-refractivity contribution >= 4 is 5.91 Å². The maximum atomic E-state index is 12.5. The predicted molar refractivity (Wildman–Crippen MR) is 66.7 cm³/mol. The van der Waals surface area contributed by atoms with Gasteiger partial charge in [0.15, 0.2) is 0 Å². The van der Waals surface area contributed by atoms with Crippen molar-refractivity contribution in [2.24, 2.45) is 0 Å². The van der Waals surface area contributed by atoms with Gasteiger partial charge in [-0.2, -0.15) is 0 Å². The van der Waals surface area contributed by atoms with Crippen LogP contribution in [0.5, 0.6) is 0 Å². The van der Waals surface area contributed by atoms with E-state index in [0.717, 1.165) is 25.1 Å². The molecule has 1 fully saturated rings. The summed E-state index contributed by atoms with van der Waals surface area (Å²) in [5, 5.41) is 3.32. The number of hydrogen-bond donors (Lipinski definition) is 1. The Morgan fingerprint density at radius 1 is 1.47 bits per heavy atom. The van der Waals surface area contributed by atoms with Crippen LogP contribution in [0.15, 0.2) is 24.4 Å². The molecule has 0 aliphatic carbocycles. The van der Waals surface area contributed by atoms with Crippen molar-refractivity contribution in [1.82, 2.24) is 15.2 Å². The standard InChI is InChI=1S/C13H19N3O/c1-16(2)12(17)13(7-5-8-14-10-13)11-6-3-4-9-15-11/h3-4,6,9,14H,5,7-8,10H2,1-2H3/t13-/m1/s1. The molecule has 0 radical (unpaired) electrons. The van der Waals surface area contributed by atoms with Crippen LogP contribution in [0.3, 0.4) is 0 Å². The zero-order valence-electron chi connectivity index (χ0n) is 10.4. The average molecular weight is 233 g/mol. The van der Waals surface area contributed by atoms with E-state index in [2.05, 4.69) is 10.3 Å². The number of rotatable bonds is 2. The topological polar surface area (TPSA) is 45.2 Å². The van der Waals surface area contributed by atoms with E-state index >= 15 is 0 Å². The average Bonchev–Trinajstić information content (AvgIpc) is 2.39. The first-order valence-corrected chi connectivity index (χ1v) is 6.01. The van der Waals surface area contributed by atoms with Gasteiger partial charge in [0, 0.05) is 26.8 Å². The van der Waals surface area contributed by atoms with Gasteiger partial charge in [0.05, 0.1) is 5.69 Å². The molecule has 4 heteroatoms. The molecule has 0 bridgehead atoms. The number of likely N-dealkylation sites (N-methyl/N-ethyl adjacent to an activating group) is 1. The lowest BCUT2D eigenvalue weighted by Gasteiger charge is -2.37. The van der Waals surface area contributed by atoms with Crippen LogP contribution >= 0.6 is 0 Å². The van der Waals surface area contributed by atoms with Crippen LogP contribution in [-0.4, -0.2) is 43.0 Å². The SMILES string of the molecule is CN(C)C(=O)[C@]1(c2ccccn2)CCCNC1. The number of piperidine rings is 1. The number of hydrogen-bond acceptors (Lipinski definition) is 3. The molecule has 17 heavy (non-hydrogen) atoms. The molecule has 0 spiro atoms. The van der Waals surface area contributed by atoms with Crippen molar-refractivity contribution in [3.05, 3.63) is 30.1 Å². The third kappa shape index (κ3) is 2.17. The molecule has 2 rings (SSSR count). The molecular weight excluding hydrogens is 214 g/mol. The molecule has 2 heterocycles. The number of carbonyl (C=O) groups excluding carboxylic acids is 1. The highest BCUT2D eigenvalue weighted by molar-refractivity contribution is 5.87. The summed E-state index contributed by atoms with van der Waals surface area (Å²) in [5.41, 5.74) is 0.397. The largest absolute Gasteiger partial charge is 0.348 e. The molecule has 1 aliphatic rings. The van der Waals surface area contributed by atoms with E-state index in [4.69, 9.17) is 0 Å². The molecule has 1 aromatic heterocycles.